The molecule has 2 aromatic carbocycles. The van der Waals surface area contributed by atoms with Crippen molar-refractivity contribution in [2.75, 3.05) is 44.0 Å². The van der Waals surface area contributed by atoms with E-state index in [0.29, 0.717) is 24.7 Å². The van der Waals surface area contributed by atoms with E-state index in [1.165, 1.54) is 5.69 Å². The first-order chi connectivity index (χ1) is 15.5. The van der Waals surface area contributed by atoms with Gasteiger partial charge in [0, 0.05) is 63.9 Å². The zero-order valence-electron chi connectivity index (χ0n) is 19.0. The number of benzene rings is 2. The topological polar surface area (TPSA) is 68.2 Å². The number of rotatable bonds is 8. The first kappa shape index (κ1) is 21.9. The molecule has 2 fully saturated rings. The molecule has 1 aliphatic heterocycles. The lowest BCUT2D eigenvalue weighted by molar-refractivity contribution is -0.138. The van der Waals surface area contributed by atoms with Crippen molar-refractivity contribution in [3.63, 3.8) is 0 Å². The van der Waals surface area contributed by atoms with Gasteiger partial charge in [-0.05, 0) is 48.2 Å². The number of carbonyl (C=O) groups is 2. The molecule has 0 unspecified atom stereocenters. The molecule has 1 saturated carbocycles. The quantitative estimate of drug-likeness (QED) is 0.301. The van der Waals surface area contributed by atoms with Crippen LogP contribution in [0.25, 0.3) is 11.1 Å². The zero-order chi connectivity index (χ0) is 22.7. The summed E-state index contributed by atoms with van der Waals surface area (Å²) >= 11 is 0. The molecule has 7 nitrogen and oxygen atoms in total. The maximum absolute atomic E-state index is 12.2. The summed E-state index contributed by atoms with van der Waals surface area (Å²) in [4.78, 5) is 29.0. The maximum atomic E-state index is 12.2. The summed E-state index contributed by atoms with van der Waals surface area (Å²) in [6.45, 7) is 1.54. The van der Waals surface area contributed by atoms with E-state index >= 15 is 0 Å². The second kappa shape index (κ2) is 9.42. The lowest BCUT2D eigenvalue weighted by Crippen LogP contribution is -2.52. The second-order valence-corrected chi connectivity index (χ2v) is 8.91. The highest BCUT2D eigenvalue weighted by molar-refractivity contribution is 5.98. The molecule has 0 aromatic heterocycles. The number of nitrogens with one attached hydrogen (secondary N) is 1. The van der Waals surface area contributed by atoms with Crippen molar-refractivity contribution < 1.29 is 9.59 Å². The Hall–Kier alpha value is -3.35. The van der Waals surface area contributed by atoms with Crippen LogP contribution >= 0.6 is 0 Å². The van der Waals surface area contributed by atoms with Crippen LogP contribution in [-0.2, 0) is 9.59 Å². The van der Waals surface area contributed by atoms with E-state index in [2.05, 4.69) is 64.0 Å². The molecule has 1 saturated heterocycles. The minimum atomic E-state index is 0.265. The Balaban J connectivity index is 1.41. The normalized spacial score (nSPS) is 16.3. The monoisotopic (exact) mass is 433 g/mol. The highest BCUT2D eigenvalue weighted by atomic mass is 16.2. The summed E-state index contributed by atoms with van der Waals surface area (Å²) in [6.07, 6.45) is 3.36. The molecule has 1 heterocycles. The summed E-state index contributed by atoms with van der Waals surface area (Å²) in [6, 6.07) is 16.8. The van der Waals surface area contributed by atoms with Crippen molar-refractivity contribution in [1.29, 1.82) is 0 Å². The Bertz CT molecular complexity index is 974. The third-order valence-corrected chi connectivity index (χ3v) is 6.27. The van der Waals surface area contributed by atoms with E-state index in [-0.39, 0.29) is 5.92 Å². The standard InChI is InChI=1S/C25H31N5O2/c1-28(2)22-10-6-19(7-11-22)20-8-12-23(13-9-20)29(3)24(27-26-17-31)14-18-15-30(16-18)25(32)21-4-5-21/h6-13,17-18,21H,4-5,14-16H2,1-3H3,(H,26,31)/b27-24-. The van der Waals surface area contributed by atoms with E-state index in [4.69, 9.17) is 0 Å². The summed E-state index contributed by atoms with van der Waals surface area (Å²) in [5.74, 6) is 1.71. The van der Waals surface area contributed by atoms with Gasteiger partial charge < -0.3 is 14.7 Å². The van der Waals surface area contributed by atoms with Gasteiger partial charge in [-0.15, -0.1) is 0 Å². The molecule has 7 heteroatoms. The van der Waals surface area contributed by atoms with Gasteiger partial charge in [-0.2, -0.15) is 5.10 Å². The van der Waals surface area contributed by atoms with E-state index in [1.807, 2.05) is 30.9 Å². The Labute approximate surface area is 189 Å². The number of hydrogen-bond donors (Lipinski definition) is 1. The van der Waals surface area contributed by atoms with Crippen molar-refractivity contribution in [3.05, 3.63) is 48.5 Å². The van der Waals surface area contributed by atoms with Crippen LogP contribution < -0.4 is 15.2 Å². The highest BCUT2D eigenvalue weighted by Gasteiger charge is 2.39. The molecular formula is C25H31N5O2. The third kappa shape index (κ3) is 4.93. The Morgan fingerprint density at radius 2 is 1.56 bits per heavy atom. The second-order valence-electron chi connectivity index (χ2n) is 8.91. The van der Waals surface area contributed by atoms with E-state index in [0.717, 1.165) is 48.6 Å². The van der Waals surface area contributed by atoms with Gasteiger partial charge in [-0.3, -0.25) is 9.59 Å². The molecule has 1 N–H and O–H groups in total. The number of amides is 2. The van der Waals surface area contributed by atoms with Crippen LogP contribution in [0.15, 0.2) is 53.6 Å². The number of likely N-dealkylation sites (tertiary alicyclic amines) is 1. The number of carbonyl (C=O) groups excluding carboxylic acids is 2. The molecule has 0 radical (unpaired) electrons. The van der Waals surface area contributed by atoms with Crippen LogP contribution in [-0.4, -0.2) is 57.3 Å². The Morgan fingerprint density at radius 3 is 2.06 bits per heavy atom. The van der Waals surface area contributed by atoms with Gasteiger partial charge in [-0.25, -0.2) is 5.43 Å². The molecule has 2 aromatic rings. The summed E-state index contributed by atoms with van der Waals surface area (Å²) in [7, 11) is 6.02. The fourth-order valence-electron chi connectivity index (χ4n) is 4.06. The highest BCUT2D eigenvalue weighted by Crippen LogP contribution is 2.34. The van der Waals surface area contributed by atoms with Gasteiger partial charge in [0.1, 0.15) is 5.84 Å². The van der Waals surface area contributed by atoms with Crippen LogP contribution in [0.5, 0.6) is 0 Å². The average molecular weight is 434 g/mol. The van der Waals surface area contributed by atoms with Gasteiger partial charge in [0.05, 0.1) is 0 Å². The molecule has 0 bridgehead atoms. The fourth-order valence-corrected chi connectivity index (χ4v) is 4.06. The van der Waals surface area contributed by atoms with Crippen LogP contribution in [0.4, 0.5) is 11.4 Å². The largest absolute Gasteiger partial charge is 0.378 e. The number of hydrazone groups is 1. The summed E-state index contributed by atoms with van der Waals surface area (Å²) < 4.78 is 0. The van der Waals surface area contributed by atoms with Gasteiger partial charge in [0.25, 0.3) is 0 Å². The molecule has 168 valence electrons. The SMILES string of the molecule is CN(C)c1ccc(-c2ccc(N(C)/C(CC3CN(C(=O)C4CC4)C3)=N\NC=O)cc2)cc1. The molecule has 0 atom stereocenters. The van der Waals surface area contributed by atoms with E-state index in [9.17, 15) is 9.59 Å². The summed E-state index contributed by atoms with van der Waals surface area (Å²) in [5.41, 5.74) is 6.92. The number of nitrogens with zero attached hydrogens (tertiary/aromatic N) is 4. The van der Waals surface area contributed by atoms with Crippen LogP contribution in [0.1, 0.15) is 19.3 Å². The van der Waals surface area contributed by atoms with Gasteiger partial charge in [-0.1, -0.05) is 24.3 Å². The first-order valence-electron chi connectivity index (χ1n) is 11.1. The van der Waals surface area contributed by atoms with Gasteiger partial charge in [0.15, 0.2) is 0 Å². The molecule has 32 heavy (non-hydrogen) atoms. The van der Waals surface area contributed by atoms with Gasteiger partial charge >= 0.3 is 0 Å². The predicted molar refractivity (Wildman–Crippen MR) is 129 cm³/mol. The van der Waals surface area contributed by atoms with Crippen molar-refractivity contribution in [2.45, 2.75) is 19.3 Å². The minimum Gasteiger partial charge on any atom is -0.378 e. The Morgan fingerprint density at radius 1 is 1.00 bits per heavy atom. The molecule has 4 rings (SSSR count). The summed E-state index contributed by atoms with van der Waals surface area (Å²) in [5, 5.41) is 4.28. The number of amidine groups is 1. The van der Waals surface area contributed by atoms with Crippen LogP contribution in [0.3, 0.4) is 0 Å². The van der Waals surface area contributed by atoms with Crippen molar-refractivity contribution in [1.82, 2.24) is 10.3 Å². The first-order valence-corrected chi connectivity index (χ1v) is 11.1. The Kier molecular flexibility index (Phi) is 6.44. The molecule has 2 aliphatic rings. The van der Waals surface area contributed by atoms with Gasteiger partial charge in [0.2, 0.25) is 12.3 Å². The lowest BCUT2D eigenvalue weighted by atomic mass is 9.94. The maximum Gasteiger partial charge on any atom is 0.227 e. The average Bonchev–Trinajstić information content (AvgIpc) is 3.63. The number of hydrogen-bond acceptors (Lipinski definition) is 4. The minimum absolute atomic E-state index is 0.265. The van der Waals surface area contributed by atoms with E-state index < -0.39 is 0 Å². The number of anilines is 2. The predicted octanol–water partition coefficient (Wildman–Crippen LogP) is 3.17. The molecular weight excluding hydrogens is 402 g/mol. The molecule has 0 spiro atoms. The van der Waals surface area contributed by atoms with Crippen molar-refractivity contribution in [3.8, 4) is 11.1 Å². The lowest BCUT2D eigenvalue weighted by Gasteiger charge is -2.40. The van der Waals surface area contributed by atoms with Crippen molar-refractivity contribution >= 4 is 29.5 Å². The third-order valence-electron chi connectivity index (χ3n) is 6.27. The van der Waals surface area contributed by atoms with E-state index in [1.54, 1.807) is 0 Å². The molecule has 2 amide bonds. The smallest absolute Gasteiger partial charge is 0.227 e. The van der Waals surface area contributed by atoms with Crippen molar-refractivity contribution in [2.24, 2.45) is 16.9 Å². The zero-order valence-corrected chi connectivity index (χ0v) is 19.0. The molecule has 1 aliphatic carbocycles. The van der Waals surface area contributed by atoms with Crippen LogP contribution in [0, 0.1) is 11.8 Å². The van der Waals surface area contributed by atoms with Crippen LogP contribution in [0.2, 0.25) is 0 Å². The fraction of sp³-hybridized carbons (Fsp3) is 0.400.